The predicted molar refractivity (Wildman–Crippen MR) is 86.7 cm³/mol. The molecule has 23 heavy (non-hydrogen) atoms. The quantitative estimate of drug-likeness (QED) is 0.904. The summed E-state index contributed by atoms with van der Waals surface area (Å²) in [7, 11) is 1.98. The molecule has 0 atom stereocenters. The molecule has 0 spiro atoms. The van der Waals surface area contributed by atoms with Crippen molar-refractivity contribution < 1.29 is 9.15 Å². The number of halogens is 1. The Hall–Kier alpha value is -1.66. The highest BCUT2D eigenvalue weighted by molar-refractivity contribution is 6.31. The third-order valence-corrected chi connectivity index (χ3v) is 4.89. The van der Waals surface area contributed by atoms with Crippen molar-refractivity contribution in [2.24, 2.45) is 0 Å². The van der Waals surface area contributed by atoms with Crippen LogP contribution in [0.5, 0.6) is 5.75 Å². The summed E-state index contributed by atoms with van der Waals surface area (Å²) in [6.45, 7) is 6.39. The lowest BCUT2D eigenvalue weighted by Gasteiger charge is -2.50. The lowest BCUT2D eigenvalue weighted by atomic mass is 9.59. The van der Waals surface area contributed by atoms with E-state index in [4.69, 9.17) is 20.8 Å². The number of pyridine rings is 1. The van der Waals surface area contributed by atoms with E-state index in [0.717, 1.165) is 18.5 Å². The molecular weight excluding hydrogens is 316 g/mol. The Morgan fingerprint density at radius 3 is 2.74 bits per heavy atom. The number of aromatic nitrogens is 3. The van der Waals surface area contributed by atoms with E-state index in [-0.39, 0.29) is 17.6 Å². The fourth-order valence-corrected chi connectivity index (χ4v) is 3.42. The van der Waals surface area contributed by atoms with Crippen molar-refractivity contribution in [1.82, 2.24) is 20.5 Å². The lowest BCUT2D eigenvalue weighted by Crippen LogP contribution is -2.58. The highest BCUT2D eigenvalue weighted by atomic mass is 35.5. The monoisotopic (exact) mass is 336 g/mol. The van der Waals surface area contributed by atoms with E-state index >= 15 is 0 Å². The summed E-state index contributed by atoms with van der Waals surface area (Å²) in [6.07, 6.45) is 3.57. The van der Waals surface area contributed by atoms with Gasteiger partial charge in [-0.25, -0.2) is 0 Å². The van der Waals surface area contributed by atoms with Crippen molar-refractivity contribution in [3.8, 4) is 5.75 Å². The predicted octanol–water partition coefficient (Wildman–Crippen LogP) is 3.04. The second-order valence-corrected chi connectivity index (χ2v) is 7.16. The zero-order chi connectivity index (χ0) is 16.7. The van der Waals surface area contributed by atoms with Crippen LogP contribution in [0.25, 0.3) is 0 Å². The van der Waals surface area contributed by atoms with Crippen LogP contribution in [0.2, 0.25) is 5.02 Å². The fourth-order valence-electron chi connectivity index (χ4n) is 3.27. The first kappa shape index (κ1) is 16.2. The topological polar surface area (TPSA) is 73.1 Å². The molecule has 0 saturated heterocycles. The van der Waals surface area contributed by atoms with Gasteiger partial charge in [-0.3, -0.25) is 4.98 Å². The molecule has 2 heterocycles. The molecule has 0 bridgehead atoms. The van der Waals surface area contributed by atoms with Crippen LogP contribution in [0.15, 0.2) is 16.7 Å². The average Bonchev–Trinajstić information content (AvgIpc) is 2.96. The molecule has 1 fully saturated rings. The van der Waals surface area contributed by atoms with Crippen LogP contribution in [0.3, 0.4) is 0 Å². The Balaban J connectivity index is 1.63. The van der Waals surface area contributed by atoms with Gasteiger partial charge in [-0.2, -0.15) is 0 Å². The summed E-state index contributed by atoms with van der Waals surface area (Å²) < 4.78 is 11.4. The largest absolute Gasteiger partial charge is 0.482 e. The van der Waals surface area contributed by atoms with Gasteiger partial charge in [0, 0.05) is 17.0 Å². The van der Waals surface area contributed by atoms with Gasteiger partial charge in [0.25, 0.3) is 5.89 Å². The lowest BCUT2D eigenvalue weighted by molar-refractivity contribution is 0.0786. The van der Waals surface area contributed by atoms with Crippen LogP contribution in [-0.2, 0) is 12.0 Å². The number of nitrogens with one attached hydrogen (secondary N) is 1. The smallest absolute Gasteiger partial charge is 0.253 e. The maximum atomic E-state index is 6.03. The molecule has 1 aliphatic rings. The summed E-state index contributed by atoms with van der Waals surface area (Å²) >= 11 is 6.03. The Kier molecular flexibility index (Phi) is 4.06. The van der Waals surface area contributed by atoms with E-state index in [1.54, 1.807) is 12.3 Å². The number of aryl methyl sites for hydroxylation is 1. The van der Waals surface area contributed by atoms with Gasteiger partial charge in [-0.1, -0.05) is 18.5 Å². The zero-order valence-corrected chi connectivity index (χ0v) is 14.6. The maximum Gasteiger partial charge on any atom is 0.253 e. The summed E-state index contributed by atoms with van der Waals surface area (Å²) in [5, 5.41) is 12.2. The summed E-state index contributed by atoms with van der Waals surface area (Å²) in [5.41, 5.74) is 0.839. The first-order valence-electron chi connectivity index (χ1n) is 7.60. The number of nitrogens with zero attached hydrogens (tertiary/aromatic N) is 3. The molecule has 124 valence electrons. The standard InChI is InChI=1S/C16H21ClN4O2/c1-10-12(17)5-11(6-19-10)22-7-13-20-21-14(23-13)15(2)8-16(3,9-15)18-4/h5-6,18H,7-9H2,1-4H3. The van der Waals surface area contributed by atoms with Crippen LogP contribution in [-0.4, -0.2) is 27.8 Å². The zero-order valence-electron chi connectivity index (χ0n) is 13.8. The van der Waals surface area contributed by atoms with Gasteiger partial charge in [-0.15, -0.1) is 10.2 Å². The van der Waals surface area contributed by atoms with Gasteiger partial charge < -0.3 is 14.5 Å². The molecule has 2 aromatic heterocycles. The van der Waals surface area contributed by atoms with Gasteiger partial charge in [0.05, 0.1) is 16.9 Å². The van der Waals surface area contributed by atoms with Crippen LogP contribution in [0.4, 0.5) is 0 Å². The van der Waals surface area contributed by atoms with E-state index in [1.807, 2.05) is 14.0 Å². The second kappa shape index (κ2) is 5.76. The molecule has 7 heteroatoms. The van der Waals surface area contributed by atoms with E-state index in [1.165, 1.54) is 0 Å². The third kappa shape index (κ3) is 3.19. The first-order valence-corrected chi connectivity index (χ1v) is 7.98. The number of rotatable bonds is 5. The molecule has 0 aliphatic heterocycles. The molecule has 2 aromatic rings. The maximum absolute atomic E-state index is 6.03. The van der Waals surface area contributed by atoms with Crippen molar-refractivity contribution >= 4 is 11.6 Å². The van der Waals surface area contributed by atoms with Crippen LogP contribution >= 0.6 is 11.6 Å². The SMILES string of the molecule is CNC1(C)CC(C)(c2nnc(COc3cnc(C)c(Cl)c3)o2)C1. The summed E-state index contributed by atoms with van der Waals surface area (Å²) in [4.78, 5) is 4.15. The van der Waals surface area contributed by atoms with Crippen molar-refractivity contribution in [2.45, 2.75) is 51.2 Å². The number of ether oxygens (including phenoxy) is 1. The highest BCUT2D eigenvalue weighted by Gasteiger charge is 2.52. The van der Waals surface area contributed by atoms with Crippen molar-refractivity contribution in [1.29, 1.82) is 0 Å². The Bertz CT molecular complexity index is 710. The first-order chi connectivity index (χ1) is 10.8. The minimum Gasteiger partial charge on any atom is -0.482 e. The molecule has 0 amide bonds. The Morgan fingerprint density at radius 1 is 1.35 bits per heavy atom. The highest BCUT2D eigenvalue weighted by Crippen LogP contribution is 2.49. The third-order valence-electron chi connectivity index (χ3n) is 4.51. The molecule has 1 saturated carbocycles. The van der Waals surface area contributed by atoms with Gasteiger partial charge in [0.15, 0.2) is 6.61 Å². The van der Waals surface area contributed by atoms with Crippen molar-refractivity contribution in [3.05, 3.63) is 34.8 Å². The molecular formula is C16H21ClN4O2. The number of hydrogen-bond acceptors (Lipinski definition) is 6. The van der Waals surface area contributed by atoms with Crippen LogP contribution in [0.1, 0.15) is 44.2 Å². The molecule has 0 unspecified atom stereocenters. The van der Waals surface area contributed by atoms with E-state index in [9.17, 15) is 0 Å². The Labute approximate surface area is 140 Å². The molecule has 3 rings (SSSR count). The number of hydrogen-bond donors (Lipinski definition) is 1. The van der Waals surface area contributed by atoms with Crippen LogP contribution in [0, 0.1) is 6.92 Å². The van der Waals surface area contributed by atoms with Gasteiger partial charge in [0.1, 0.15) is 5.75 Å². The molecule has 1 N–H and O–H groups in total. The molecule has 0 aromatic carbocycles. The van der Waals surface area contributed by atoms with Gasteiger partial charge >= 0.3 is 0 Å². The minimum atomic E-state index is -0.0717. The molecule has 0 radical (unpaired) electrons. The van der Waals surface area contributed by atoms with Crippen LogP contribution < -0.4 is 10.1 Å². The summed E-state index contributed by atoms with van der Waals surface area (Å²) in [6, 6.07) is 1.73. The second-order valence-electron chi connectivity index (χ2n) is 6.75. The Morgan fingerprint density at radius 2 is 2.09 bits per heavy atom. The van der Waals surface area contributed by atoms with Gasteiger partial charge in [-0.05, 0) is 33.7 Å². The molecule has 1 aliphatic carbocycles. The minimum absolute atomic E-state index is 0.0717. The fraction of sp³-hybridized carbons (Fsp3) is 0.562. The molecule has 6 nitrogen and oxygen atoms in total. The van der Waals surface area contributed by atoms with E-state index < -0.39 is 0 Å². The van der Waals surface area contributed by atoms with E-state index in [0.29, 0.717) is 22.6 Å². The van der Waals surface area contributed by atoms with Crippen molar-refractivity contribution in [3.63, 3.8) is 0 Å². The summed E-state index contributed by atoms with van der Waals surface area (Å²) in [5.74, 6) is 1.71. The average molecular weight is 337 g/mol. The van der Waals surface area contributed by atoms with Gasteiger partial charge in [0.2, 0.25) is 5.89 Å². The van der Waals surface area contributed by atoms with Crippen molar-refractivity contribution in [2.75, 3.05) is 7.05 Å². The normalized spacial score (nSPS) is 26.8. The van der Waals surface area contributed by atoms with E-state index in [2.05, 4.69) is 34.3 Å².